The van der Waals surface area contributed by atoms with Crippen molar-refractivity contribution in [2.75, 3.05) is 6.54 Å². The molecule has 0 aliphatic heterocycles. The van der Waals surface area contributed by atoms with E-state index in [-0.39, 0.29) is 17.9 Å². The molecule has 0 radical (unpaired) electrons. The van der Waals surface area contributed by atoms with E-state index in [4.69, 9.17) is 0 Å². The summed E-state index contributed by atoms with van der Waals surface area (Å²) in [5, 5.41) is 12.9. The van der Waals surface area contributed by atoms with E-state index in [1.165, 1.54) is 0 Å². The Morgan fingerprint density at radius 2 is 2.05 bits per heavy atom. The van der Waals surface area contributed by atoms with Crippen LogP contribution in [0.1, 0.15) is 48.5 Å². The van der Waals surface area contributed by atoms with Crippen LogP contribution in [-0.4, -0.2) is 23.7 Å². The average Bonchev–Trinajstić information content (AvgIpc) is 2.46. The van der Waals surface area contributed by atoms with Crippen LogP contribution in [0.2, 0.25) is 0 Å². The van der Waals surface area contributed by atoms with Gasteiger partial charge in [0.25, 0.3) is 5.91 Å². The molecule has 3 heteroatoms. The fourth-order valence-corrected chi connectivity index (χ4v) is 2.80. The number of hydrogen-bond donors (Lipinski definition) is 2. The maximum atomic E-state index is 12.2. The SMILES string of the molecule is CCc1ccccc1C(=O)NCC1CCCCC1O. The number of hydrogen-bond acceptors (Lipinski definition) is 2. The fraction of sp³-hybridized carbons (Fsp3) is 0.562. The van der Waals surface area contributed by atoms with Gasteiger partial charge in [-0.3, -0.25) is 4.79 Å². The Kier molecular flexibility index (Phi) is 4.97. The molecule has 1 saturated carbocycles. The van der Waals surface area contributed by atoms with Gasteiger partial charge >= 0.3 is 0 Å². The van der Waals surface area contributed by atoms with Crippen LogP contribution in [0.15, 0.2) is 24.3 Å². The van der Waals surface area contributed by atoms with Gasteiger partial charge in [0, 0.05) is 18.0 Å². The molecular formula is C16H23NO2. The molecule has 0 spiro atoms. The van der Waals surface area contributed by atoms with Crippen molar-refractivity contribution in [3.8, 4) is 0 Å². The van der Waals surface area contributed by atoms with Crippen LogP contribution in [0.4, 0.5) is 0 Å². The molecule has 0 bridgehead atoms. The molecule has 0 aromatic heterocycles. The number of rotatable bonds is 4. The topological polar surface area (TPSA) is 49.3 Å². The Labute approximate surface area is 115 Å². The van der Waals surface area contributed by atoms with Gasteiger partial charge in [0.05, 0.1) is 6.10 Å². The average molecular weight is 261 g/mol. The Bertz CT molecular complexity index is 431. The third-order valence-electron chi connectivity index (χ3n) is 4.04. The quantitative estimate of drug-likeness (QED) is 0.875. The Morgan fingerprint density at radius 3 is 2.79 bits per heavy atom. The zero-order valence-electron chi connectivity index (χ0n) is 11.6. The molecule has 0 saturated heterocycles. The first-order valence-electron chi connectivity index (χ1n) is 7.26. The van der Waals surface area contributed by atoms with Crippen LogP contribution in [0.5, 0.6) is 0 Å². The van der Waals surface area contributed by atoms with Gasteiger partial charge in [-0.25, -0.2) is 0 Å². The standard InChI is InChI=1S/C16H23NO2/c1-2-12-7-3-5-9-14(12)16(19)17-11-13-8-4-6-10-15(13)18/h3,5,7,9,13,15,18H,2,4,6,8,10-11H2,1H3,(H,17,19). The van der Waals surface area contributed by atoms with E-state index in [0.29, 0.717) is 6.54 Å². The van der Waals surface area contributed by atoms with Gasteiger partial charge in [0.1, 0.15) is 0 Å². The number of amides is 1. The van der Waals surface area contributed by atoms with Gasteiger partial charge in [-0.15, -0.1) is 0 Å². The lowest BCUT2D eigenvalue weighted by atomic mass is 9.86. The third-order valence-corrected chi connectivity index (χ3v) is 4.04. The predicted molar refractivity (Wildman–Crippen MR) is 76.1 cm³/mol. The third kappa shape index (κ3) is 3.57. The lowest BCUT2D eigenvalue weighted by Crippen LogP contribution is -2.36. The first-order valence-corrected chi connectivity index (χ1v) is 7.26. The largest absolute Gasteiger partial charge is 0.393 e. The molecule has 3 nitrogen and oxygen atoms in total. The van der Waals surface area contributed by atoms with Gasteiger partial charge in [-0.1, -0.05) is 38.0 Å². The lowest BCUT2D eigenvalue weighted by molar-refractivity contribution is 0.0662. The summed E-state index contributed by atoms with van der Waals surface area (Å²) in [5.41, 5.74) is 1.83. The molecule has 1 aromatic rings. The minimum Gasteiger partial charge on any atom is -0.393 e. The van der Waals surface area contributed by atoms with Crippen molar-refractivity contribution < 1.29 is 9.90 Å². The highest BCUT2D eigenvalue weighted by Gasteiger charge is 2.23. The van der Waals surface area contributed by atoms with E-state index < -0.39 is 0 Å². The van der Waals surface area contributed by atoms with Crippen molar-refractivity contribution >= 4 is 5.91 Å². The first kappa shape index (κ1) is 14.1. The highest BCUT2D eigenvalue weighted by Crippen LogP contribution is 2.23. The van der Waals surface area contributed by atoms with Crippen LogP contribution in [0, 0.1) is 5.92 Å². The Balaban J connectivity index is 1.93. The minimum atomic E-state index is -0.254. The molecule has 104 valence electrons. The highest BCUT2D eigenvalue weighted by molar-refractivity contribution is 5.95. The first-order chi connectivity index (χ1) is 9.22. The fourth-order valence-electron chi connectivity index (χ4n) is 2.80. The Hall–Kier alpha value is -1.35. The summed E-state index contributed by atoms with van der Waals surface area (Å²) in [7, 11) is 0. The number of nitrogens with one attached hydrogen (secondary N) is 1. The summed E-state index contributed by atoms with van der Waals surface area (Å²) in [5.74, 6) is 0.196. The van der Waals surface area contributed by atoms with Crippen LogP contribution in [-0.2, 0) is 6.42 Å². The molecule has 19 heavy (non-hydrogen) atoms. The summed E-state index contributed by atoms with van der Waals surface area (Å²) >= 11 is 0. The summed E-state index contributed by atoms with van der Waals surface area (Å²) < 4.78 is 0. The molecule has 0 heterocycles. The van der Waals surface area contributed by atoms with Gasteiger partial charge in [0.2, 0.25) is 0 Å². The predicted octanol–water partition coefficient (Wildman–Crippen LogP) is 2.53. The number of aliphatic hydroxyl groups is 1. The maximum absolute atomic E-state index is 12.2. The molecule has 1 fully saturated rings. The molecule has 2 N–H and O–H groups in total. The van der Waals surface area contributed by atoms with Crippen LogP contribution in [0.3, 0.4) is 0 Å². The van der Waals surface area contributed by atoms with E-state index in [2.05, 4.69) is 12.2 Å². The minimum absolute atomic E-state index is 0.0183. The smallest absolute Gasteiger partial charge is 0.251 e. The van der Waals surface area contributed by atoms with Crippen molar-refractivity contribution in [1.82, 2.24) is 5.32 Å². The van der Waals surface area contributed by atoms with Crippen LogP contribution < -0.4 is 5.32 Å². The second-order valence-electron chi connectivity index (χ2n) is 5.33. The molecule has 1 aliphatic rings. The van der Waals surface area contributed by atoms with E-state index in [9.17, 15) is 9.90 Å². The molecule has 2 atom stereocenters. The van der Waals surface area contributed by atoms with Crippen LogP contribution >= 0.6 is 0 Å². The van der Waals surface area contributed by atoms with Crippen molar-refractivity contribution in [2.24, 2.45) is 5.92 Å². The van der Waals surface area contributed by atoms with Crippen molar-refractivity contribution in [3.05, 3.63) is 35.4 Å². The lowest BCUT2D eigenvalue weighted by Gasteiger charge is -2.27. The van der Waals surface area contributed by atoms with Gasteiger partial charge in [-0.2, -0.15) is 0 Å². The number of aryl methyl sites for hydroxylation is 1. The maximum Gasteiger partial charge on any atom is 0.251 e. The summed E-state index contributed by atoms with van der Waals surface area (Å²) in [6.45, 7) is 2.63. The van der Waals surface area contributed by atoms with E-state index in [1.54, 1.807) is 0 Å². The summed E-state index contributed by atoms with van der Waals surface area (Å²) in [6, 6.07) is 7.71. The van der Waals surface area contributed by atoms with Gasteiger partial charge < -0.3 is 10.4 Å². The van der Waals surface area contributed by atoms with Gasteiger partial charge in [0.15, 0.2) is 0 Å². The molecule has 2 unspecified atom stereocenters. The van der Waals surface area contributed by atoms with Crippen LogP contribution in [0.25, 0.3) is 0 Å². The second kappa shape index (κ2) is 6.71. The number of benzene rings is 1. The molecule has 1 aliphatic carbocycles. The normalized spacial score (nSPS) is 23.1. The van der Waals surface area contributed by atoms with Crippen molar-refractivity contribution in [2.45, 2.75) is 45.1 Å². The molecule has 1 amide bonds. The van der Waals surface area contributed by atoms with E-state index in [1.807, 2.05) is 24.3 Å². The monoisotopic (exact) mass is 261 g/mol. The summed E-state index contributed by atoms with van der Waals surface area (Å²) in [6.07, 6.45) is 4.74. The number of aliphatic hydroxyl groups excluding tert-OH is 1. The zero-order valence-corrected chi connectivity index (χ0v) is 11.6. The number of carbonyl (C=O) groups excluding carboxylic acids is 1. The molecule has 1 aromatic carbocycles. The second-order valence-corrected chi connectivity index (χ2v) is 5.33. The molecule has 2 rings (SSSR count). The van der Waals surface area contributed by atoms with E-state index >= 15 is 0 Å². The number of carbonyl (C=O) groups is 1. The summed E-state index contributed by atoms with van der Waals surface area (Å²) in [4.78, 5) is 12.2. The van der Waals surface area contributed by atoms with Crippen molar-refractivity contribution in [3.63, 3.8) is 0 Å². The zero-order chi connectivity index (χ0) is 13.7. The highest BCUT2D eigenvalue weighted by atomic mass is 16.3. The van der Waals surface area contributed by atoms with Gasteiger partial charge in [-0.05, 0) is 30.9 Å². The van der Waals surface area contributed by atoms with E-state index in [0.717, 1.165) is 43.2 Å². The Morgan fingerprint density at radius 1 is 1.32 bits per heavy atom. The van der Waals surface area contributed by atoms with Crippen molar-refractivity contribution in [1.29, 1.82) is 0 Å². The molecular weight excluding hydrogens is 238 g/mol.